The molecule has 0 aliphatic carbocycles. The second kappa shape index (κ2) is 13.6. The lowest BCUT2D eigenvalue weighted by atomic mass is 10.1. The molecule has 1 amide bonds. The minimum Gasteiger partial charge on any atom is -0.496 e. The van der Waals surface area contributed by atoms with Crippen molar-refractivity contribution in [3.63, 3.8) is 0 Å². The molecule has 0 saturated carbocycles. The van der Waals surface area contributed by atoms with E-state index in [1.165, 1.54) is 16.3 Å². The first-order valence-corrected chi connectivity index (χ1v) is 13.0. The molecule has 1 fully saturated rings. The molecule has 0 radical (unpaired) electrons. The molecule has 3 rings (SSSR count). The maximum absolute atomic E-state index is 13.3. The summed E-state index contributed by atoms with van der Waals surface area (Å²) in [6.45, 7) is 2.38. The Hall–Kier alpha value is -2.87. The average molecular weight is 566 g/mol. The first-order valence-electron chi connectivity index (χ1n) is 11.0. The lowest BCUT2D eigenvalue weighted by Crippen LogP contribution is -2.48. The number of carbonyl (C=O) groups excluding carboxylic acids is 1. The molecule has 9 nitrogen and oxygen atoms in total. The van der Waals surface area contributed by atoms with Crippen molar-refractivity contribution in [1.82, 2.24) is 14.5 Å². The van der Waals surface area contributed by atoms with Gasteiger partial charge in [-0.05, 0) is 23.8 Å². The maximum Gasteiger partial charge on any atom is 0.490 e. The number of carboxylic acids is 1. The number of ether oxygens (including phenoxy) is 1. The van der Waals surface area contributed by atoms with Crippen LogP contribution in [0.4, 0.5) is 13.2 Å². The Kier molecular flexibility index (Phi) is 11.2. The number of halogens is 4. The van der Waals surface area contributed by atoms with Gasteiger partial charge >= 0.3 is 12.1 Å². The predicted molar refractivity (Wildman–Crippen MR) is 131 cm³/mol. The fourth-order valence-electron chi connectivity index (χ4n) is 3.35. The van der Waals surface area contributed by atoms with Gasteiger partial charge in [0.15, 0.2) is 0 Å². The van der Waals surface area contributed by atoms with E-state index in [4.69, 9.17) is 26.2 Å². The number of hydrogen-bond donors (Lipinski definition) is 2. The largest absolute Gasteiger partial charge is 0.496 e. The van der Waals surface area contributed by atoms with Crippen LogP contribution in [-0.2, 0) is 21.4 Å². The Labute approximate surface area is 217 Å². The summed E-state index contributed by atoms with van der Waals surface area (Å²) in [7, 11) is -1.98. The van der Waals surface area contributed by atoms with E-state index >= 15 is 0 Å². The average Bonchev–Trinajstić information content (AvgIpc) is 2.87. The van der Waals surface area contributed by atoms with Crippen molar-refractivity contribution < 1.29 is 41.0 Å². The number of benzene rings is 2. The van der Waals surface area contributed by atoms with Crippen LogP contribution in [0.2, 0.25) is 5.02 Å². The third-order valence-electron chi connectivity index (χ3n) is 5.27. The number of carbonyl (C=O) groups is 2. The Morgan fingerprint density at radius 1 is 1.11 bits per heavy atom. The quantitative estimate of drug-likeness (QED) is 0.505. The van der Waals surface area contributed by atoms with E-state index in [1.807, 2.05) is 18.2 Å². The number of amides is 1. The Bertz CT molecular complexity index is 1170. The number of hydrogen-bond acceptors (Lipinski definition) is 6. The highest BCUT2D eigenvalue weighted by atomic mass is 35.5. The molecule has 0 spiro atoms. The normalized spacial score (nSPS) is 14.3. The molecular formula is C23H27ClF3N3O6S. The molecule has 14 heteroatoms. The van der Waals surface area contributed by atoms with E-state index in [0.29, 0.717) is 42.5 Å². The predicted octanol–water partition coefficient (Wildman–Crippen LogP) is 2.86. The summed E-state index contributed by atoms with van der Waals surface area (Å²) in [5, 5.41) is 10.8. The van der Waals surface area contributed by atoms with Crippen LogP contribution in [0, 0.1) is 0 Å². The summed E-state index contributed by atoms with van der Waals surface area (Å²) in [6.07, 6.45) is -5.08. The maximum atomic E-state index is 13.3. The number of nitrogens with zero attached hydrogens (tertiary/aromatic N) is 2. The van der Waals surface area contributed by atoms with Gasteiger partial charge in [0, 0.05) is 44.3 Å². The summed E-state index contributed by atoms with van der Waals surface area (Å²) >= 11 is 6.29. The van der Waals surface area contributed by atoms with Gasteiger partial charge in [0.05, 0.1) is 18.4 Å². The van der Waals surface area contributed by atoms with E-state index in [9.17, 15) is 26.4 Å². The summed E-state index contributed by atoms with van der Waals surface area (Å²) in [4.78, 5) is 23.7. The zero-order chi connectivity index (χ0) is 27.6. The molecule has 0 aromatic heterocycles. The first kappa shape index (κ1) is 30.4. The van der Waals surface area contributed by atoms with Crippen LogP contribution in [0.15, 0.2) is 48.5 Å². The minimum atomic E-state index is -5.08. The number of alkyl halides is 3. The molecule has 37 heavy (non-hydrogen) atoms. The van der Waals surface area contributed by atoms with Gasteiger partial charge < -0.3 is 20.1 Å². The molecule has 2 aromatic rings. The Morgan fingerprint density at radius 3 is 2.24 bits per heavy atom. The zero-order valence-corrected chi connectivity index (χ0v) is 21.4. The van der Waals surface area contributed by atoms with Crippen molar-refractivity contribution in [3.05, 3.63) is 64.7 Å². The standard InChI is InChI=1S/C21H26ClN3O4S.C2HF3O2/c1-29-20-9-5-3-7-18(20)21(26)24(16-17-6-2-4-8-19(17)22)14-15-30(27,28)25-12-10-23-11-13-25;3-2(4,5)1(6)7/h2-9,23H,10-16H2,1H3;(H,6,7). The summed E-state index contributed by atoms with van der Waals surface area (Å²) < 4.78 is 64.1. The highest BCUT2D eigenvalue weighted by Gasteiger charge is 2.38. The fourth-order valence-corrected chi connectivity index (χ4v) is 5.00. The summed E-state index contributed by atoms with van der Waals surface area (Å²) in [5.41, 5.74) is 1.13. The fraction of sp³-hybridized carbons (Fsp3) is 0.391. The van der Waals surface area contributed by atoms with Gasteiger partial charge in [0.2, 0.25) is 10.0 Å². The molecule has 1 saturated heterocycles. The summed E-state index contributed by atoms with van der Waals surface area (Å²) in [6, 6.07) is 14.1. The summed E-state index contributed by atoms with van der Waals surface area (Å²) in [5.74, 6) is -2.77. The molecule has 2 aromatic carbocycles. The highest BCUT2D eigenvalue weighted by Crippen LogP contribution is 2.23. The molecule has 1 aliphatic rings. The number of rotatable bonds is 8. The Balaban J connectivity index is 0.000000604. The monoisotopic (exact) mass is 565 g/mol. The molecule has 204 valence electrons. The van der Waals surface area contributed by atoms with Gasteiger partial charge in [-0.2, -0.15) is 17.5 Å². The number of nitrogens with one attached hydrogen (secondary N) is 1. The third-order valence-corrected chi connectivity index (χ3v) is 7.49. The van der Waals surface area contributed by atoms with Crippen LogP contribution < -0.4 is 10.1 Å². The molecule has 2 N–H and O–H groups in total. The molecular weight excluding hydrogens is 539 g/mol. The van der Waals surface area contributed by atoms with Gasteiger partial charge in [-0.15, -0.1) is 0 Å². The molecule has 1 heterocycles. The van der Waals surface area contributed by atoms with Gasteiger partial charge in [-0.25, -0.2) is 13.2 Å². The topological polar surface area (TPSA) is 116 Å². The van der Waals surface area contributed by atoms with Crippen LogP contribution in [0.3, 0.4) is 0 Å². The van der Waals surface area contributed by atoms with Gasteiger partial charge in [0.1, 0.15) is 5.75 Å². The first-order chi connectivity index (χ1) is 17.4. The van der Waals surface area contributed by atoms with E-state index in [-0.39, 0.29) is 24.7 Å². The van der Waals surface area contributed by atoms with Crippen molar-refractivity contribution in [1.29, 1.82) is 0 Å². The lowest BCUT2D eigenvalue weighted by molar-refractivity contribution is -0.192. The SMILES string of the molecule is COc1ccccc1C(=O)N(CCS(=O)(=O)N1CCNCC1)Cc1ccccc1Cl.O=C(O)C(F)(F)F. The molecule has 0 atom stereocenters. The molecule has 1 aliphatic heterocycles. The third kappa shape index (κ3) is 9.18. The molecule has 0 unspecified atom stereocenters. The van der Waals surface area contributed by atoms with Crippen molar-refractivity contribution in [3.8, 4) is 5.75 Å². The second-order valence-corrected chi connectivity index (χ2v) is 10.3. The lowest BCUT2D eigenvalue weighted by Gasteiger charge is -2.29. The number of methoxy groups -OCH3 is 1. The minimum absolute atomic E-state index is 0.0500. The van der Waals surface area contributed by atoms with Gasteiger partial charge in [-0.1, -0.05) is 41.9 Å². The van der Waals surface area contributed by atoms with Crippen molar-refractivity contribution >= 4 is 33.5 Å². The van der Waals surface area contributed by atoms with Crippen molar-refractivity contribution in [2.24, 2.45) is 0 Å². The van der Waals surface area contributed by atoms with Gasteiger partial charge in [-0.3, -0.25) is 4.79 Å². The van der Waals surface area contributed by atoms with Gasteiger partial charge in [0.25, 0.3) is 5.91 Å². The van der Waals surface area contributed by atoms with E-state index in [2.05, 4.69) is 5.32 Å². The number of para-hydroxylation sites is 1. The van der Waals surface area contributed by atoms with Crippen molar-refractivity contribution in [2.75, 3.05) is 45.6 Å². The number of piperazine rings is 1. The smallest absolute Gasteiger partial charge is 0.490 e. The number of sulfonamides is 1. The van der Waals surface area contributed by atoms with Crippen molar-refractivity contribution in [2.45, 2.75) is 12.7 Å². The van der Waals surface area contributed by atoms with E-state index in [1.54, 1.807) is 30.3 Å². The van der Waals surface area contributed by atoms with Crippen LogP contribution in [-0.4, -0.2) is 86.4 Å². The Morgan fingerprint density at radius 2 is 1.68 bits per heavy atom. The van der Waals surface area contributed by atoms with Crippen LogP contribution in [0.25, 0.3) is 0 Å². The zero-order valence-electron chi connectivity index (χ0n) is 19.9. The second-order valence-electron chi connectivity index (χ2n) is 7.79. The number of carboxylic acid groups (broad SMARTS) is 1. The van der Waals surface area contributed by atoms with Crippen LogP contribution in [0.5, 0.6) is 5.75 Å². The van der Waals surface area contributed by atoms with E-state index in [0.717, 1.165) is 5.56 Å². The molecule has 0 bridgehead atoms. The van der Waals surface area contributed by atoms with Crippen LogP contribution >= 0.6 is 11.6 Å². The van der Waals surface area contributed by atoms with E-state index < -0.39 is 22.2 Å². The van der Waals surface area contributed by atoms with Crippen LogP contribution in [0.1, 0.15) is 15.9 Å². The number of aliphatic carboxylic acids is 1. The highest BCUT2D eigenvalue weighted by molar-refractivity contribution is 7.89.